The van der Waals surface area contributed by atoms with E-state index >= 15 is 0 Å². The molecule has 3 rings (SSSR count). The Morgan fingerprint density at radius 3 is 2.45 bits per heavy atom. The number of rotatable bonds is 9. The van der Waals surface area contributed by atoms with Crippen molar-refractivity contribution in [3.8, 4) is 11.3 Å². The van der Waals surface area contributed by atoms with Gasteiger partial charge in [-0.05, 0) is 51.7 Å². The molecule has 0 saturated heterocycles. The summed E-state index contributed by atoms with van der Waals surface area (Å²) in [5, 5.41) is 12.1. The van der Waals surface area contributed by atoms with E-state index in [1.165, 1.54) is 12.8 Å². The minimum Gasteiger partial charge on any atom is -0.383 e. The Morgan fingerprint density at radius 2 is 1.72 bits per heavy atom. The number of benzene rings is 2. The van der Waals surface area contributed by atoms with Gasteiger partial charge in [-0.15, -0.1) is 0 Å². The molecule has 2 aromatic carbocycles. The molecule has 1 aromatic heterocycles. The molecule has 0 amide bonds. The fourth-order valence-corrected chi connectivity index (χ4v) is 3.50. The van der Waals surface area contributed by atoms with Crippen LogP contribution in [0.25, 0.3) is 22.0 Å². The van der Waals surface area contributed by atoms with E-state index in [1.807, 2.05) is 38.4 Å². The van der Waals surface area contributed by atoms with Gasteiger partial charge in [-0.25, -0.2) is 5.10 Å². The number of nitrogens with zero attached hydrogens (tertiary/aromatic N) is 3. The molecule has 0 aliphatic heterocycles. The second-order valence-corrected chi connectivity index (χ2v) is 7.86. The third-order valence-corrected chi connectivity index (χ3v) is 5.05. The van der Waals surface area contributed by atoms with Crippen molar-refractivity contribution in [1.29, 1.82) is 0 Å². The summed E-state index contributed by atoms with van der Waals surface area (Å²) < 4.78 is 0. The summed E-state index contributed by atoms with van der Waals surface area (Å²) >= 11 is 0. The Kier molecular flexibility index (Phi) is 6.88. The average molecular weight is 394 g/mol. The van der Waals surface area contributed by atoms with E-state index in [2.05, 4.69) is 57.6 Å². The quantitative estimate of drug-likeness (QED) is 0.542. The molecular weight excluding hydrogens is 362 g/mol. The van der Waals surface area contributed by atoms with Crippen molar-refractivity contribution < 1.29 is 0 Å². The highest BCUT2D eigenvalue weighted by molar-refractivity contribution is 5.94. The average Bonchev–Trinajstić information content (AvgIpc) is 2.70. The van der Waals surface area contributed by atoms with Crippen LogP contribution in [0.3, 0.4) is 0 Å². The zero-order valence-corrected chi connectivity index (χ0v) is 17.8. The summed E-state index contributed by atoms with van der Waals surface area (Å²) in [7, 11) is 8.32. The maximum absolute atomic E-state index is 12.1. The van der Waals surface area contributed by atoms with E-state index in [0.29, 0.717) is 5.39 Å². The number of hydrogen-bond donors (Lipinski definition) is 2. The van der Waals surface area contributed by atoms with Crippen molar-refractivity contribution in [3.63, 3.8) is 0 Å². The van der Waals surface area contributed by atoms with Crippen LogP contribution in [0.5, 0.6) is 0 Å². The third kappa shape index (κ3) is 5.15. The van der Waals surface area contributed by atoms with Crippen LogP contribution in [0.15, 0.2) is 47.3 Å². The van der Waals surface area contributed by atoms with E-state index in [9.17, 15) is 4.79 Å². The topological polar surface area (TPSA) is 64.3 Å². The molecule has 6 heteroatoms. The van der Waals surface area contributed by atoms with E-state index < -0.39 is 0 Å². The number of anilines is 2. The largest absolute Gasteiger partial charge is 0.383 e. The van der Waals surface area contributed by atoms with Crippen molar-refractivity contribution in [1.82, 2.24) is 15.1 Å². The first kappa shape index (κ1) is 20.9. The van der Waals surface area contributed by atoms with Crippen LogP contribution in [0, 0.1) is 0 Å². The molecule has 3 aromatic rings. The maximum Gasteiger partial charge on any atom is 0.272 e. The monoisotopic (exact) mass is 393 g/mol. The number of H-pyrrole nitrogens is 1. The number of unbranched alkanes of at least 4 members (excludes halogenated alkanes) is 2. The van der Waals surface area contributed by atoms with Gasteiger partial charge in [0.1, 0.15) is 0 Å². The first-order valence-electron chi connectivity index (χ1n) is 10.1. The summed E-state index contributed by atoms with van der Waals surface area (Å²) in [6.45, 7) is 2.06. The highest BCUT2D eigenvalue weighted by Gasteiger charge is 2.12. The lowest BCUT2D eigenvalue weighted by molar-refractivity contribution is 0.393. The van der Waals surface area contributed by atoms with E-state index in [0.717, 1.165) is 47.5 Å². The second kappa shape index (κ2) is 9.56. The maximum atomic E-state index is 12.1. The zero-order chi connectivity index (χ0) is 20.8. The highest BCUT2D eigenvalue weighted by atomic mass is 16.1. The zero-order valence-electron chi connectivity index (χ0n) is 17.8. The lowest BCUT2D eigenvalue weighted by Gasteiger charge is -2.20. The Labute approximate surface area is 172 Å². The lowest BCUT2D eigenvalue weighted by atomic mass is 10.0. The van der Waals surface area contributed by atoms with Crippen LogP contribution < -0.4 is 15.8 Å². The Hall–Kier alpha value is -2.86. The van der Waals surface area contributed by atoms with Crippen LogP contribution in [0.2, 0.25) is 0 Å². The SMILES string of the molecule is CN(C)CCCCCNc1cc(-c2n[nH]c(=O)c3ccccc23)ccc1N(C)C. The predicted octanol–water partition coefficient (Wildman–Crippen LogP) is 3.80. The Morgan fingerprint density at radius 1 is 0.966 bits per heavy atom. The smallest absolute Gasteiger partial charge is 0.272 e. The minimum absolute atomic E-state index is 0.162. The molecule has 0 unspecified atom stereocenters. The summed E-state index contributed by atoms with van der Waals surface area (Å²) in [5.41, 5.74) is 3.83. The molecule has 0 aliphatic rings. The van der Waals surface area contributed by atoms with Crippen LogP contribution in [0.4, 0.5) is 11.4 Å². The van der Waals surface area contributed by atoms with Gasteiger partial charge in [0.2, 0.25) is 0 Å². The Balaban J connectivity index is 1.84. The lowest BCUT2D eigenvalue weighted by Crippen LogP contribution is -2.14. The number of aromatic nitrogens is 2. The van der Waals surface area contributed by atoms with E-state index in [4.69, 9.17) is 0 Å². The molecule has 0 atom stereocenters. The Bertz CT molecular complexity index is 1010. The number of nitrogens with one attached hydrogen (secondary N) is 2. The molecular formula is C23H31N5O. The van der Waals surface area contributed by atoms with Gasteiger partial charge in [-0.2, -0.15) is 5.10 Å². The molecule has 0 fully saturated rings. The van der Waals surface area contributed by atoms with Crippen molar-refractivity contribution >= 4 is 22.1 Å². The predicted molar refractivity (Wildman–Crippen MR) is 123 cm³/mol. The summed E-state index contributed by atoms with van der Waals surface area (Å²) in [5.74, 6) is 0. The third-order valence-electron chi connectivity index (χ3n) is 5.05. The van der Waals surface area contributed by atoms with Gasteiger partial charge in [0, 0.05) is 31.6 Å². The van der Waals surface area contributed by atoms with Crippen molar-refractivity contribution in [2.24, 2.45) is 0 Å². The molecule has 0 radical (unpaired) electrons. The van der Waals surface area contributed by atoms with Crippen molar-refractivity contribution in [2.45, 2.75) is 19.3 Å². The number of aromatic amines is 1. The van der Waals surface area contributed by atoms with Crippen LogP contribution in [-0.2, 0) is 0 Å². The molecule has 0 aliphatic carbocycles. The molecule has 29 heavy (non-hydrogen) atoms. The highest BCUT2D eigenvalue weighted by Crippen LogP contribution is 2.32. The summed E-state index contributed by atoms with van der Waals surface area (Å²) in [6.07, 6.45) is 3.54. The molecule has 0 bridgehead atoms. The fraction of sp³-hybridized carbons (Fsp3) is 0.391. The minimum atomic E-state index is -0.162. The first-order chi connectivity index (χ1) is 14.0. The molecule has 154 valence electrons. The van der Waals surface area contributed by atoms with Crippen LogP contribution in [0.1, 0.15) is 19.3 Å². The standard InChI is InChI=1S/C23H31N5O/c1-27(2)15-9-5-8-14-24-20-16-17(12-13-21(20)28(3)4)22-18-10-6-7-11-19(18)23(29)26-25-22/h6-7,10-13,16,24H,5,8-9,14-15H2,1-4H3,(H,26,29). The molecule has 0 saturated carbocycles. The number of fused-ring (bicyclic) bond motifs is 1. The van der Waals surface area contributed by atoms with Gasteiger partial charge in [0.25, 0.3) is 5.56 Å². The molecule has 2 N–H and O–H groups in total. The molecule has 0 spiro atoms. The van der Waals surface area contributed by atoms with Gasteiger partial charge >= 0.3 is 0 Å². The summed E-state index contributed by atoms with van der Waals surface area (Å²) in [6, 6.07) is 13.9. The van der Waals surface area contributed by atoms with Gasteiger partial charge in [-0.3, -0.25) is 4.79 Å². The fourth-order valence-electron chi connectivity index (χ4n) is 3.50. The molecule has 6 nitrogen and oxygen atoms in total. The summed E-state index contributed by atoms with van der Waals surface area (Å²) in [4.78, 5) is 16.4. The second-order valence-electron chi connectivity index (χ2n) is 7.86. The van der Waals surface area contributed by atoms with Gasteiger partial charge in [-0.1, -0.05) is 30.7 Å². The van der Waals surface area contributed by atoms with Crippen LogP contribution >= 0.6 is 0 Å². The van der Waals surface area contributed by atoms with Crippen molar-refractivity contribution in [3.05, 3.63) is 52.8 Å². The van der Waals surface area contributed by atoms with Crippen molar-refractivity contribution in [2.75, 3.05) is 51.5 Å². The molecule has 1 heterocycles. The van der Waals surface area contributed by atoms with E-state index in [1.54, 1.807) is 0 Å². The number of hydrogen-bond acceptors (Lipinski definition) is 5. The van der Waals surface area contributed by atoms with E-state index in [-0.39, 0.29) is 5.56 Å². The normalized spacial score (nSPS) is 11.2. The van der Waals surface area contributed by atoms with Crippen LogP contribution in [-0.4, -0.2) is 56.4 Å². The first-order valence-corrected chi connectivity index (χ1v) is 10.1. The van der Waals surface area contributed by atoms with Gasteiger partial charge < -0.3 is 15.1 Å². The van der Waals surface area contributed by atoms with Gasteiger partial charge in [0.15, 0.2) is 0 Å². The van der Waals surface area contributed by atoms with Gasteiger partial charge in [0.05, 0.1) is 22.5 Å².